The van der Waals surface area contributed by atoms with Crippen molar-refractivity contribution in [2.75, 3.05) is 0 Å². The van der Waals surface area contributed by atoms with E-state index >= 15 is 0 Å². The fourth-order valence-corrected chi connectivity index (χ4v) is 0.830. The van der Waals surface area contributed by atoms with Crippen molar-refractivity contribution in [1.29, 1.82) is 0 Å². The molecule has 0 aliphatic rings. The highest BCUT2D eigenvalue weighted by Gasteiger charge is 2.20. The van der Waals surface area contributed by atoms with Crippen LogP contribution >= 0.6 is 0 Å². The molecular weight excluding hydrogens is 157 g/mol. The van der Waals surface area contributed by atoms with Crippen LogP contribution in [-0.2, 0) is 5.41 Å². The van der Waals surface area contributed by atoms with Crippen LogP contribution in [0.25, 0.3) is 0 Å². The Bertz CT molecular complexity index is 260. The van der Waals surface area contributed by atoms with Crippen molar-refractivity contribution < 1.29 is 8.91 Å². The molecule has 3 heteroatoms. The molecule has 0 saturated carbocycles. The molecule has 1 heterocycles. The third-order valence-corrected chi connectivity index (χ3v) is 1.69. The molecular formula is C9H14FNO. The van der Waals surface area contributed by atoms with Crippen molar-refractivity contribution in [3.05, 3.63) is 17.5 Å². The van der Waals surface area contributed by atoms with E-state index in [9.17, 15) is 4.39 Å². The van der Waals surface area contributed by atoms with Crippen LogP contribution in [0.2, 0.25) is 0 Å². The van der Waals surface area contributed by atoms with Crippen molar-refractivity contribution >= 4 is 0 Å². The van der Waals surface area contributed by atoms with E-state index in [2.05, 4.69) is 5.16 Å². The lowest BCUT2D eigenvalue weighted by atomic mass is 9.92. The minimum atomic E-state index is -1.08. The lowest BCUT2D eigenvalue weighted by Gasteiger charge is -2.12. The first-order chi connectivity index (χ1) is 5.41. The molecule has 0 saturated heterocycles. The van der Waals surface area contributed by atoms with E-state index in [0.29, 0.717) is 5.76 Å². The second kappa shape index (κ2) is 2.88. The molecule has 0 radical (unpaired) electrons. The molecule has 1 rings (SSSR count). The smallest absolute Gasteiger partial charge is 0.170 e. The van der Waals surface area contributed by atoms with Crippen LogP contribution < -0.4 is 0 Å². The number of aromatic nitrogens is 1. The molecule has 1 aromatic heterocycles. The fourth-order valence-electron chi connectivity index (χ4n) is 0.830. The van der Waals surface area contributed by atoms with Crippen molar-refractivity contribution in [1.82, 2.24) is 5.16 Å². The fraction of sp³-hybridized carbons (Fsp3) is 0.667. The maximum atomic E-state index is 12.7. The van der Waals surface area contributed by atoms with Gasteiger partial charge in [0.25, 0.3) is 0 Å². The summed E-state index contributed by atoms with van der Waals surface area (Å²) >= 11 is 0. The molecule has 0 aliphatic carbocycles. The summed E-state index contributed by atoms with van der Waals surface area (Å²) in [5.41, 5.74) is 0.721. The minimum Gasteiger partial charge on any atom is -0.358 e. The second-order valence-electron chi connectivity index (χ2n) is 3.98. The summed E-state index contributed by atoms with van der Waals surface area (Å²) in [4.78, 5) is 0. The predicted molar refractivity (Wildman–Crippen MR) is 44.7 cm³/mol. The molecule has 0 fully saturated rings. The summed E-state index contributed by atoms with van der Waals surface area (Å²) in [5, 5.41) is 3.79. The molecule has 0 bridgehead atoms. The van der Waals surface area contributed by atoms with Gasteiger partial charge in [-0.3, -0.25) is 0 Å². The van der Waals surface area contributed by atoms with E-state index in [0.717, 1.165) is 5.69 Å². The van der Waals surface area contributed by atoms with Gasteiger partial charge < -0.3 is 4.52 Å². The van der Waals surface area contributed by atoms with Gasteiger partial charge in [0.15, 0.2) is 11.9 Å². The summed E-state index contributed by atoms with van der Waals surface area (Å²) in [7, 11) is 0. The van der Waals surface area contributed by atoms with Gasteiger partial charge in [0, 0.05) is 11.5 Å². The Morgan fingerprint density at radius 1 is 1.50 bits per heavy atom. The summed E-state index contributed by atoms with van der Waals surface area (Å²) in [6.45, 7) is 7.47. The largest absolute Gasteiger partial charge is 0.358 e. The normalized spacial score (nSPS) is 14.8. The highest BCUT2D eigenvalue weighted by atomic mass is 19.1. The minimum absolute atomic E-state index is 0.0728. The Balaban J connectivity index is 2.92. The second-order valence-corrected chi connectivity index (χ2v) is 3.98. The zero-order chi connectivity index (χ0) is 9.35. The molecule has 0 amide bonds. The molecule has 68 valence electrons. The predicted octanol–water partition coefficient (Wildman–Crippen LogP) is 3.00. The van der Waals surface area contributed by atoms with Gasteiger partial charge in [-0.25, -0.2) is 4.39 Å². The highest BCUT2D eigenvalue weighted by Crippen LogP contribution is 2.25. The van der Waals surface area contributed by atoms with Crippen molar-refractivity contribution in [2.45, 2.75) is 39.3 Å². The van der Waals surface area contributed by atoms with Crippen molar-refractivity contribution in [3.8, 4) is 0 Å². The molecule has 0 aliphatic heterocycles. The van der Waals surface area contributed by atoms with Crippen LogP contribution in [-0.4, -0.2) is 5.16 Å². The van der Waals surface area contributed by atoms with Crippen LogP contribution in [0, 0.1) is 0 Å². The lowest BCUT2D eigenvalue weighted by Crippen LogP contribution is -2.10. The number of hydrogen-bond acceptors (Lipinski definition) is 2. The van der Waals surface area contributed by atoms with E-state index in [1.807, 2.05) is 20.8 Å². The topological polar surface area (TPSA) is 26.0 Å². The van der Waals surface area contributed by atoms with Crippen LogP contribution in [0.4, 0.5) is 4.39 Å². The van der Waals surface area contributed by atoms with Crippen LogP contribution in [0.3, 0.4) is 0 Å². The first-order valence-electron chi connectivity index (χ1n) is 4.02. The lowest BCUT2D eigenvalue weighted by molar-refractivity contribution is 0.270. The van der Waals surface area contributed by atoms with Crippen molar-refractivity contribution in [2.24, 2.45) is 0 Å². The number of rotatable bonds is 1. The van der Waals surface area contributed by atoms with Crippen LogP contribution in [0.5, 0.6) is 0 Å². The van der Waals surface area contributed by atoms with Gasteiger partial charge in [-0.1, -0.05) is 25.9 Å². The standard InChI is InChI=1S/C9H14FNO/c1-6(10)7-5-8(11-12-7)9(2,3)4/h5-6H,1-4H3. The Hall–Kier alpha value is -0.860. The van der Waals surface area contributed by atoms with Gasteiger partial charge in [-0.05, 0) is 6.92 Å². The van der Waals surface area contributed by atoms with Crippen molar-refractivity contribution in [3.63, 3.8) is 0 Å². The molecule has 12 heavy (non-hydrogen) atoms. The van der Waals surface area contributed by atoms with E-state index in [-0.39, 0.29) is 5.41 Å². The molecule has 2 nitrogen and oxygen atoms in total. The molecule has 1 unspecified atom stereocenters. The Morgan fingerprint density at radius 3 is 2.33 bits per heavy atom. The third-order valence-electron chi connectivity index (χ3n) is 1.69. The van der Waals surface area contributed by atoms with E-state index in [4.69, 9.17) is 4.52 Å². The zero-order valence-corrected chi connectivity index (χ0v) is 7.89. The summed E-state index contributed by atoms with van der Waals surface area (Å²) in [6.07, 6.45) is -1.08. The Labute approximate surface area is 71.8 Å². The molecule has 0 aromatic carbocycles. The number of alkyl halides is 1. The van der Waals surface area contributed by atoms with Gasteiger partial charge in [-0.15, -0.1) is 0 Å². The van der Waals surface area contributed by atoms with Crippen LogP contribution in [0.1, 0.15) is 45.3 Å². The molecule has 0 spiro atoms. The highest BCUT2D eigenvalue weighted by molar-refractivity contribution is 5.14. The first-order valence-corrected chi connectivity index (χ1v) is 4.02. The molecule has 1 atom stereocenters. The van der Waals surface area contributed by atoms with Gasteiger partial charge in [0.2, 0.25) is 0 Å². The maximum absolute atomic E-state index is 12.7. The summed E-state index contributed by atoms with van der Waals surface area (Å²) in [6, 6.07) is 1.67. The van der Waals surface area contributed by atoms with Gasteiger partial charge in [0.1, 0.15) is 0 Å². The van der Waals surface area contributed by atoms with E-state index in [1.165, 1.54) is 6.92 Å². The van der Waals surface area contributed by atoms with E-state index < -0.39 is 6.17 Å². The third kappa shape index (κ3) is 1.84. The van der Waals surface area contributed by atoms with E-state index in [1.54, 1.807) is 6.07 Å². The average Bonchev–Trinajstić information content (AvgIpc) is 2.30. The Kier molecular flexibility index (Phi) is 2.22. The monoisotopic (exact) mass is 171 g/mol. The first kappa shape index (κ1) is 9.23. The summed E-state index contributed by atoms with van der Waals surface area (Å²) in [5.74, 6) is 0.305. The SMILES string of the molecule is CC(F)c1cc(C(C)(C)C)no1. The van der Waals surface area contributed by atoms with Crippen LogP contribution in [0.15, 0.2) is 10.6 Å². The number of hydrogen-bond donors (Lipinski definition) is 0. The van der Waals surface area contributed by atoms with Gasteiger partial charge in [-0.2, -0.15) is 0 Å². The van der Waals surface area contributed by atoms with Gasteiger partial charge >= 0.3 is 0 Å². The average molecular weight is 171 g/mol. The number of halogens is 1. The quantitative estimate of drug-likeness (QED) is 0.649. The molecule has 1 aromatic rings. The zero-order valence-electron chi connectivity index (χ0n) is 7.89. The maximum Gasteiger partial charge on any atom is 0.170 e. The van der Waals surface area contributed by atoms with Gasteiger partial charge in [0.05, 0.1) is 5.69 Å². The number of nitrogens with zero attached hydrogens (tertiary/aromatic N) is 1. The molecule has 0 N–H and O–H groups in total. The Morgan fingerprint density at radius 2 is 2.08 bits per heavy atom. The summed E-state index contributed by atoms with van der Waals surface area (Å²) < 4.78 is 17.5.